The fourth-order valence-electron chi connectivity index (χ4n) is 1.78. The first-order chi connectivity index (χ1) is 9.08. The lowest BCUT2D eigenvalue weighted by atomic mass is 10.2. The Kier molecular flexibility index (Phi) is 4.60. The number of carbonyl (C=O) groups is 2. The highest BCUT2D eigenvalue weighted by atomic mass is 32.2. The molecule has 102 valence electrons. The van der Waals surface area contributed by atoms with E-state index < -0.39 is 12.0 Å². The molecule has 1 aromatic rings. The van der Waals surface area contributed by atoms with Crippen LogP contribution in [-0.4, -0.2) is 51.0 Å². The SMILES string of the molecule is Cc1nc(/C=C/C(=O)N2CCSCC2C(=O)O)cs1. The minimum atomic E-state index is -0.946. The van der Waals surface area contributed by atoms with Crippen LogP contribution in [0.5, 0.6) is 0 Å². The van der Waals surface area contributed by atoms with Crippen LogP contribution < -0.4 is 0 Å². The van der Waals surface area contributed by atoms with Crippen molar-refractivity contribution in [3.05, 3.63) is 22.2 Å². The van der Waals surface area contributed by atoms with Crippen molar-refractivity contribution in [1.29, 1.82) is 0 Å². The van der Waals surface area contributed by atoms with Gasteiger partial charge in [0, 0.05) is 29.5 Å². The second-order valence-corrected chi connectivity index (χ2v) is 6.30. The molecule has 1 amide bonds. The predicted molar refractivity (Wildman–Crippen MR) is 76.3 cm³/mol. The van der Waals surface area contributed by atoms with Gasteiger partial charge in [0.05, 0.1) is 10.7 Å². The molecule has 1 saturated heterocycles. The Labute approximate surface area is 119 Å². The Bertz CT molecular complexity index is 513. The molecule has 0 radical (unpaired) electrons. The standard InChI is InChI=1S/C12H14N2O3S2/c1-8-13-9(6-19-8)2-3-11(15)14-4-5-18-7-10(14)12(16)17/h2-3,6,10H,4-5,7H2,1H3,(H,16,17)/b3-2+. The average molecular weight is 298 g/mol. The minimum absolute atomic E-state index is 0.265. The molecular formula is C12H14N2O3S2. The van der Waals surface area contributed by atoms with E-state index in [4.69, 9.17) is 5.11 Å². The van der Waals surface area contributed by atoms with E-state index in [1.807, 2.05) is 12.3 Å². The van der Waals surface area contributed by atoms with E-state index in [0.29, 0.717) is 12.3 Å². The molecule has 19 heavy (non-hydrogen) atoms. The van der Waals surface area contributed by atoms with E-state index in [9.17, 15) is 9.59 Å². The summed E-state index contributed by atoms with van der Waals surface area (Å²) in [6.45, 7) is 2.37. The zero-order chi connectivity index (χ0) is 13.8. The third-order valence-electron chi connectivity index (χ3n) is 2.73. The monoisotopic (exact) mass is 298 g/mol. The van der Waals surface area contributed by atoms with Gasteiger partial charge < -0.3 is 10.0 Å². The van der Waals surface area contributed by atoms with Crippen molar-refractivity contribution in [3.63, 3.8) is 0 Å². The highest BCUT2D eigenvalue weighted by Gasteiger charge is 2.31. The summed E-state index contributed by atoms with van der Waals surface area (Å²) in [5, 5.41) is 11.9. The van der Waals surface area contributed by atoms with Crippen LogP contribution in [0.25, 0.3) is 6.08 Å². The van der Waals surface area contributed by atoms with Crippen LogP contribution in [-0.2, 0) is 9.59 Å². The van der Waals surface area contributed by atoms with Crippen molar-refractivity contribution in [1.82, 2.24) is 9.88 Å². The summed E-state index contributed by atoms with van der Waals surface area (Å²) in [4.78, 5) is 28.8. The Morgan fingerprint density at radius 2 is 2.37 bits per heavy atom. The summed E-state index contributed by atoms with van der Waals surface area (Å²) in [7, 11) is 0. The van der Waals surface area contributed by atoms with Gasteiger partial charge in [0.15, 0.2) is 0 Å². The van der Waals surface area contributed by atoms with E-state index in [1.54, 1.807) is 17.8 Å². The molecule has 0 spiro atoms. The number of thiazole rings is 1. The number of amides is 1. The highest BCUT2D eigenvalue weighted by molar-refractivity contribution is 7.99. The Morgan fingerprint density at radius 1 is 1.58 bits per heavy atom. The summed E-state index contributed by atoms with van der Waals surface area (Å²) in [5.41, 5.74) is 0.731. The molecule has 2 heterocycles. The zero-order valence-corrected chi connectivity index (χ0v) is 12.0. The maximum atomic E-state index is 12.0. The molecule has 0 bridgehead atoms. The van der Waals surface area contributed by atoms with Gasteiger partial charge in [-0.1, -0.05) is 0 Å². The number of carboxylic acid groups (broad SMARTS) is 1. The number of aliphatic carboxylic acids is 1. The molecule has 1 fully saturated rings. The third kappa shape index (κ3) is 3.57. The second-order valence-electron chi connectivity index (χ2n) is 4.09. The van der Waals surface area contributed by atoms with Gasteiger partial charge in [0.2, 0.25) is 5.91 Å². The van der Waals surface area contributed by atoms with Crippen LogP contribution in [0.3, 0.4) is 0 Å². The van der Waals surface area contributed by atoms with Crippen LogP contribution in [0.15, 0.2) is 11.5 Å². The molecule has 0 saturated carbocycles. The maximum absolute atomic E-state index is 12.0. The lowest BCUT2D eigenvalue weighted by Gasteiger charge is -2.31. The van der Waals surface area contributed by atoms with Gasteiger partial charge in [-0.15, -0.1) is 11.3 Å². The minimum Gasteiger partial charge on any atom is -0.480 e. The molecule has 0 aliphatic carbocycles. The first-order valence-corrected chi connectivity index (χ1v) is 7.82. The highest BCUT2D eigenvalue weighted by Crippen LogP contribution is 2.17. The molecule has 7 heteroatoms. The number of hydrogen-bond donors (Lipinski definition) is 1. The first-order valence-electron chi connectivity index (χ1n) is 5.79. The summed E-state index contributed by atoms with van der Waals surface area (Å²) in [6, 6.07) is -0.729. The van der Waals surface area contributed by atoms with Gasteiger partial charge in [-0.25, -0.2) is 9.78 Å². The number of hydrogen-bond acceptors (Lipinski definition) is 5. The molecule has 2 rings (SSSR count). The summed E-state index contributed by atoms with van der Waals surface area (Å²) in [5.74, 6) is 0.0148. The van der Waals surface area contributed by atoms with Crippen molar-refractivity contribution in [2.45, 2.75) is 13.0 Å². The lowest BCUT2D eigenvalue weighted by Crippen LogP contribution is -2.49. The van der Waals surface area contributed by atoms with Crippen LogP contribution in [0.2, 0.25) is 0 Å². The summed E-state index contributed by atoms with van der Waals surface area (Å²) in [6.07, 6.45) is 3.03. The number of aryl methyl sites for hydroxylation is 1. The molecule has 1 aliphatic rings. The average Bonchev–Trinajstić information content (AvgIpc) is 2.81. The number of aromatic nitrogens is 1. The first kappa shape index (κ1) is 14.1. The van der Waals surface area contributed by atoms with E-state index in [0.717, 1.165) is 16.5 Å². The fraction of sp³-hybridized carbons (Fsp3) is 0.417. The summed E-state index contributed by atoms with van der Waals surface area (Å²) < 4.78 is 0. The fourth-order valence-corrected chi connectivity index (χ4v) is 3.40. The van der Waals surface area contributed by atoms with E-state index in [1.165, 1.54) is 22.3 Å². The van der Waals surface area contributed by atoms with Crippen molar-refractivity contribution in [2.75, 3.05) is 18.1 Å². The van der Waals surface area contributed by atoms with Gasteiger partial charge in [-0.3, -0.25) is 4.79 Å². The molecular weight excluding hydrogens is 284 g/mol. The lowest BCUT2D eigenvalue weighted by molar-refractivity contribution is -0.147. The van der Waals surface area contributed by atoms with Gasteiger partial charge in [0.25, 0.3) is 0 Å². The van der Waals surface area contributed by atoms with Crippen LogP contribution in [0, 0.1) is 6.92 Å². The van der Waals surface area contributed by atoms with Crippen LogP contribution >= 0.6 is 23.1 Å². The van der Waals surface area contributed by atoms with Crippen molar-refractivity contribution >= 4 is 41.1 Å². The second kappa shape index (κ2) is 6.21. The number of carboxylic acids is 1. The zero-order valence-electron chi connectivity index (χ0n) is 10.4. The molecule has 1 unspecified atom stereocenters. The van der Waals surface area contributed by atoms with Gasteiger partial charge in [0.1, 0.15) is 6.04 Å². The van der Waals surface area contributed by atoms with E-state index in [2.05, 4.69) is 4.98 Å². The van der Waals surface area contributed by atoms with Crippen molar-refractivity contribution in [2.24, 2.45) is 0 Å². The smallest absolute Gasteiger partial charge is 0.327 e. The molecule has 1 atom stereocenters. The Hall–Kier alpha value is -1.34. The Balaban J connectivity index is 2.05. The van der Waals surface area contributed by atoms with Gasteiger partial charge in [-0.2, -0.15) is 11.8 Å². The Morgan fingerprint density at radius 3 is 3.00 bits per heavy atom. The van der Waals surface area contributed by atoms with E-state index in [-0.39, 0.29) is 5.91 Å². The van der Waals surface area contributed by atoms with E-state index >= 15 is 0 Å². The number of nitrogens with zero attached hydrogens (tertiary/aromatic N) is 2. The predicted octanol–water partition coefficient (Wildman–Crippen LogP) is 1.49. The molecule has 0 aromatic carbocycles. The number of thioether (sulfide) groups is 1. The third-order valence-corrected chi connectivity index (χ3v) is 4.54. The van der Waals surface area contributed by atoms with Crippen molar-refractivity contribution in [3.8, 4) is 0 Å². The summed E-state index contributed by atoms with van der Waals surface area (Å²) >= 11 is 3.07. The quantitative estimate of drug-likeness (QED) is 0.856. The van der Waals surface area contributed by atoms with Crippen molar-refractivity contribution < 1.29 is 14.7 Å². The van der Waals surface area contributed by atoms with Crippen LogP contribution in [0.1, 0.15) is 10.7 Å². The molecule has 5 nitrogen and oxygen atoms in total. The van der Waals surface area contributed by atoms with Gasteiger partial charge in [-0.05, 0) is 13.0 Å². The largest absolute Gasteiger partial charge is 0.480 e. The molecule has 1 aliphatic heterocycles. The van der Waals surface area contributed by atoms with Gasteiger partial charge >= 0.3 is 5.97 Å². The topological polar surface area (TPSA) is 70.5 Å². The van der Waals surface area contributed by atoms with Crippen LogP contribution in [0.4, 0.5) is 0 Å². The normalized spacial score (nSPS) is 19.8. The molecule has 1 aromatic heterocycles. The number of carbonyl (C=O) groups excluding carboxylic acids is 1. The maximum Gasteiger partial charge on any atom is 0.327 e. The number of rotatable bonds is 3. The molecule has 1 N–H and O–H groups in total.